The minimum Gasteiger partial charge on any atom is -0.454 e. The van der Waals surface area contributed by atoms with Gasteiger partial charge in [0.25, 0.3) is 0 Å². The van der Waals surface area contributed by atoms with E-state index in [4.69, 9.17) is 26.3 Å². The number of aromatic nitrogens is 2. The van der Waals surface area contributed by atoms with E-state index in [0.29, 0.717) is 34.7 Å². The number of hydrogen-bond donors (Lipinski definition) is 0. The molecule has 2 heterocycles. The molecule has 0 spiro atoms. The Balaban J connectivity index is 1.82. The first-order valence-electron chi connectivity index (χ1n) is 7.82. The topological polar surface area (TPSA) is 60.1 Å². The molecule has 0 unspecified atom stereocenters. The lowest BCUT2D eigenvalue weighted by Gasteiger charge is -2.11. The van der Waals surface area contributed by atoms with Crippen molar-refractivity contribution in [3.8, 4) is 29.0 Å². The van der Waals surface area contributed by atoms with Gasteiger partial charge in [0.2, 0.25) is 6.79 Å². The van der Waals surface area contributed by atoms with Gasteiger partial charge in [-0.2, -0.15) is 5.26 Å². The van der Waals surface area contributed by atoms with Crippen molar-refractivity contribution >= 4 is 11.6 Å². The van der Waals surface area contributed by atoms with Crippen LogP contribution >= 0.6 is 11.6 Å². The smallest absolute Gasteiger partial charge is 0.231 e. The molecule has 2 aromatic carbocycles. The number of nitriles is 1. The van der Waals surface area contributed by atoms with E-state index in [1.165, 1.54) is 0 Å². The number of benzene rings is 2. The van der Waals surface area contributed by atoms with E-state index in [2.05, 4.69) is 11.1 Å². The molecule has 4 rings (SSSR count). The van der Waals surface area contributed by atoms with Gasteiger partial charge in [-0.25, -0.2) is 4.98 Å². The van der Waals surface area contributed by atoms with Gasteiger partial charge in [0.15, 0.2) is 16.7 Å². The minimum absolute atomic E-state index is 0.198. The van der Waals surface area contributed by atoms with Crippen molar-refractivity contribution in [2.45, 2.75) is 13.0 Å². The zero-order valence-corrected chi connectivity index (χ0v) is 14.0. The Morgan fingerprint density at radius 2 is 1.92 bits per heavy atom. The standard InChI is InChI=1S/C19H14ClN3O2/c20-18-15(8-9-21)23(11-13-4-2-1-3-5-13)19(22-18)14-6-7-16-17(10-14)25-12-24-16/h1-7,10H,8,11-12H2. The average molecular weight is 352 g/mol. The molecule has 0 saturated heterocycles. The van der Waals surface area contributed by atoms with Gasteiger partial charge in [-0.3, -0.25) is 0 Å². The predicted octanol–water partition coefficient (Wildman–Crippen LogP) is 4.05. The molecule has 0 fully saturated rings. The van der Waals surface area contributed by atoms with Crippen molar-refractivity contribution in [1.82, 2.24) is 9.55 Å². The highest BCUT2D eigenvalue weighted by molar-refractivity contribution is 6.30. The van der Waals surface area contributed by atoms with Gasteiger partial charge >= 0.3 is 0 Å². The van der Waals surface area contributed by atoms with Crippen molar-refractivity contribution in [3.63, 3.8) is 0 Å². The van der Waals surface area contributed by atoms with Crippen LogP contribution in [-0.4, -0.2) is 16.3 Å². The first-order chi connectivity index (χ1) is 12.3. The summed E-state index contributed by atoms with van der Waals surface area (Å²) in [6.45, 7) is 0.805. The molecule has 0 aliphatic carbocycles. The molecule has 1 aromatic heterocycles. The fraction of sp³-hybridized carbons (Fsp3) is 0.158. The largest absolute Gasteiger partial charge is 0.454 e. The maximum atomic E-state index is 9.16. The fourth-order valence-corrected chi connectivity index (χ4v) is 3.14. The molecule has 0 amide bonds. The summed E-state index contributed by atoms with van der Waals surface area (Å²) in [5, 5.41) is 9.51. The van der Waals surface area contributed by atoms with Crippen LogP contribution in [-0.2, 0) is 13.0 Å². The van der Waals surface area contributed by atoms with Crippen LogP contribution in [0.5, 0.6) is 11.5 Å². The lowest BCUT2D eigenvalue weighted by molar-refractivity contribution is 0.174. The Hall–Kier alpha value is -2.97. The van der Waals surface area contributed by atoms with Gasteiger partial charge in [-0.1, -0.05) is 41.9 Å². The van der Waals surface area contributed by atoms with Gasteiger partial charge < -0.3 is 14.0 Å². The lowest BCUT2D eigenvalue weighted by Crippen LogP contribution is -2.06. The molecule has 0 atom stereocenters. The molecule has 25 heavy (non-hydrogen) atoms. The van der Waals surface area contributed by atoms with E-state index < -0.39 is 0 Å². The maximum absolute atomic E-state index is 9.16. The van der Waals surface area contributed by atoms with Crippen LogP contribution in [0.15, 0.2) is 48.5 Å². The first kappa shape index (κ1) is 15.6. The van der Waals surface area contributed by atoms with E-state index in [-0.39, 0.29) is 13.2 Å². The molecule has 6 heteroatoms. The summed E-state index contributed by atoms with van der Waals surface area (Å²) in [7, 11) is 0. The third-order valence-corrected chi connectivity index (χ3v) is 4.39. The number of imidazole rings is 1. The summed E-state index contributed by atoms with van der Waals surface area (Å²) in [6, 6.07) is 17.8. The van der Waals surface area contributed by atoms with E-state index >= 15 is 0 Å². The second kappa shape index (κ2) is 6.50. The van der Waals surface area contributed by atoms with Crippen LogP contribution in [0.3, 0.4) is 0 Å². The Morgan fingerprint density at radius 1 is 1.12 bits per heavy atom. The van der Waals surface area contributed by atoms with Crippen LogP contribution < -0.4 is 9.47 Å². The Labute approximate surface area is 150 Å². The summed E-state index contributed by atoms with van der Waals surface area (Å²) in [6.07, 6.45) is 0.198. The van der Waals surface area contributed by atoms with E-state index in [1.54, 1.807) is 0 Å². The average Bonchev–Trinajstić information content (AvgIpc) is 3.22. The summed E-state index contributed by atoms with van der Waals surface area (Å²) >= 11 is 6.32. The number of ether oxygens (including phenoxy) is 2. The van der Waals surface area contributed by atoms with E-state index in [1.807, 2.05) is 53.1 Å². The highest BCUT2D eigenvalue weighted by Gasteiger charge is 2.20. The molecule has 1 aliphatic heterocycles. The molecule has 0 radical (unpaired) electrons. The number of nitrogens with zero attached hydrogens (tertiary/aromatic N) is 3. The quantitative estimate of drug-likeness (QED) is 0.711. The Kier molecular flexibility index (Phi) is 4.04. The van der Waals surface area contributed by atoms with Gasteiger partial charge in [-0.05, 0) is 23.8 Å². The monoisotopic (exact) mass is 351 g/mol. The van der Waals surface area contributed by atoms with E-state index in [9.17, 15) is 0 Å². The van der Waals surface area contributed by atoms with E-state index in [0.717, 1.165) is 11.1 Å². The van der Waals surface area contributed by atoms with Crippen molar-refractivity contribution in [2.75, 3.05) is 6.79 Å². The highest BCUT2D eigenvalue weighted by Crippen LogP contribution is 2.36. The summed E-state index contributed by atoms with van der Waals surface area (Å²) < 4.78 is 12.8. The van der Waals surface area contributed by atoms with Crippen LogP contribution in [0.1, 0.15) is 11.3 Å². The third kappa shape index (κ3) is 2.92. The minimum atomic E-state index is 0.198. The summed E-state index contributed by atoms with van der Waals surface area (Å²) in [4.78, 5) is 4.50. The van der Waals surface area contributed by atoms with Crippen molar-refractivity contribution in [2.24, 2.45) is 0 Å². The van der Waals surface area contributed by atoms with Crippen molar-refractivity contribution in [1.29, 1.82) is 5.26 Å². The van der Waals surface area contributed by atoms with Gasteiger partial charge in [0.1, 0.15) is 5.82 Å². The van der Waals surface area contributed by atoms with Gasteiger partial charge in [0.05, 0.1) is 18.2 Å². The Bertz CT molecular complexity index is 961. The molecular weight excluding hydrogens is 338 g/mol. The zero-order valence-electron chi connectivity index (χ0n) is 13.3. The molecule has 1 aliphatic rings. The molecule has 0 bridgehead atoms. The normalized spacial score (nSPS) is 12.2. The predicted molar refractivity (Wildman–Crippen MR) is 93.7 cm³/mol. The molecular formula is C19H14ClN3O2. The molecule has 5 nitrogen and oxygen atoms in total. The molecule has 0 N–H and O–H groups in total. The highest BCUT2D eigenvalue weighted by atomic mass is 35.5. The number of halogens is 1. The molecule has 124 valence electrons. The Morgan fingerprint density at radius 3 is 2.72 bits per heavy atom. The van der Waals surface area contributed by atoms with Gasteiger partial charge in [0, 0.05) is 12.1 Å². The molecule has 3 aromatic rings. The van der Waals surface area contributed by atoms with Crippen LogP contribution in [0.2, 0.25) is 5.15 Å². The first-order valence-corrected chi connectivity index (χ1v) is 8.20. The zero-order chi connectivity index (χ0) is 17.2. The number of hydrogen-bond acceptors (Lipinski definition) is 4. The van der Waals surface area contributed by atoms with Crippen LogP contribution in [0.25, 0.3) is 11.4 Å². The number of fused-ring (bicyclic) bond motifs is 1. The lowest BCUT2D eigenvalue weighted by atomic mass is 10.1. The maximum Gasteiger partial charge on any atom is 0.231 e. The summed E-state index contributed by atoms with van der Waals surface area (Å²) in [5.74, 6) is 2.11. The van der Waals surface area contributed by atoms with Crippen molar-refractivity contribution < 1.29 is 9.47 Å². The SMILES string of the molecule is N#CCc1c(Cl)nc(-c2ccc3c(c2)OCO3)n1Cc1ccccc1. The number of rotatable bonds is 4. The molecule has 0 saturated carbocycles. The third-order valence-electron chi connectivity index (χ3n) is 4.08. The van der Waals surface area contributed by atoms with Crippen LogP contribution in [0, 0.1) is 11.3 Å². The fourth-order valence-electron chi connectivity index (χ4n) is 2.89. The second-order valence-electron chi connectivity index (χ2n) is 5.65. The van der Waals surface area contributed by atoms with Gasteiger partial charge in [-0.15, -0.1) is 0 Å². The van der Waals surface area contributed by atoms with Crippen molar-refractivity contribution in [3.05, 3.63) is 64.9 Å². The summed E-state index contributed by atoms with van der Waals surface area (Å²) in [5.41, 5.74) is 2.68. The second-order valence-corrected chi connectivity index (χ2v) is 6.01. The van der Waals surface area contributed by atoms with Crippen LogP contribution in [0.4, 0.5) is 0 Å².